The number of hydrogen-bond acceptors (Lipinski definition) is 4. The maximum absolute atomic E-state index is 11.3. The predicted molar refractivity (Wildman–Crippen MR) is 47.9 cm³/mol. The minimum absolute atomic E-state index is 0.116. The van der Waals surface area contributed by atoms with Crippen LogP contribution in [0.4, 0.5) is 0 Å². The first-order chi connectivity index (χ1) is 6.50. The normalized spacial score (nSPS) is 10.2. The molecule has 0 spiro atoms. The Morgan fingerprint density at radius 1 is 1.57 bits per heavy atom. The van der Waals surface area contributed by atoms with Crippen molar-refractivity contribution in [2.24, 2.45) is 0 Å². The highest BCUT2D eigenvalue weighted by Gasteiger charge is 2.19. The van der Waals surface area contributed by atoms with E-state index in [9.17, 15) is 9.59 Å². The van der Waals surface area contributed by atoms with Gasteiger partial charge in [-0.3, -0.25) is 9.59 Å². The van der Waals surface area contributed by atoms with Crippen LogP contribution in [0, 0.1) is 0 Å². The van der Waals surface area contributed by atoms with E-state index in [1.807, 2.05) is 0 Å². The number of nitrogens with zero attached hydrogens (tertiary/aromatic N) is 1. The quantitative estimate of drug-likeness (QED) is 0.462. The molecule has 0 fully saturated rings. The van der Waals surface area contributed by atoms with Crippen molar-refractivity contribution in [3.63, 3.8) is 0 Å². The second-order valence-corrected chi connectivity index (χ2v) is 3.07. The van der Waals surface area contributed by atoms with Gasteiger partial charge in [0.15, 0.2) is 5.82 Å². The summed E-state index contributed by atoms with van der Waals surface area (Å²) in [5.74, 6) is -1.94. The Bertz CT molecular complexity index is 356. The van der Waals surface area contributed by atoms with Gasteiger partial charge in [0, 0.05) is 6.04 Å². The lowest BCUT2D eigenvalue weighted by Crippen LogP contribution is -2.36. The number of carbonyl (C=O) groups is 2. The van der Waals surface area contributed by atoms with Crippen LogP contribution in [0.1, 0.15) is 24.5 Å². The third kappa shape index (κ3) is 2.32. The van der Waals surface area contributed by atoms with Crippen LogP contribution >= 0.6 is 0 Å². The summed E-state index contributed by atoms with van der Waals surface area (Å²) < 4.78 is 0. The third-order valence-electron chi connectivity index (χ3n) is 1.40. The topological polar surface area (TPSA) is 95.1 Å². The average molecular weight is 197 g/mol. The predicted octanol–water partition coefficient (Wildman–Crippen LogP) is -0.177. The van der Waals surface area contributed by atoms with Crippen molar-refractivity contribution in [1.82, 2.24) is 15.3 Å². The molecule has 0 aliphatic carbocycles. The largest absolute Gasteiger partial charge is 0.493 e. The number of rotatable bonds is 3. The van der Waals surface area contributed by atoms with Gasteiger partial charge in [0.2, 0.25) is 5.88 Å². The minimum Gasteiger partial charge on any atom is -0.493 e. The van der Waals surface area contributed by atoms with Crippen LogP contribution in [0.5, 0.6) is 5.88 Å². The molecule has 0 aromatic carbocycles. The molecule has 1 aromatic rings. The summed E-state index contributed by atoms with van der Waals surface area (Å²) in [4.78, 5) is 28.2. The summed E-state index contributed by atoms with van der Waals surface area (Å²) in [6.07, 6.45) is 1.07. The monoisotopic (exact) mass is 197 g/mol. The fourth-order valence-corrected chi connectivity index (χ4v) is 0.862. The van der Waals surface area contributed by atoms with Crippen LogP contribution in [0.15, 0.2) is 6.20 Å². The molecule has 14 heavy (non-hydrogen) atoms. The van der Waals surface area contributed by atoms with Crippen LogP contribution in [0.25, 0.3) is 0 Å². The number of amides is 1. The molecule has 0 saturated carbocycles. The standard InChI is InChI=1S/C8H11N3O3/c1-4(2)10-8(14)6(13)7-9-3-5(12)11-7/h3-4,12H,1-2H3,(H,9,11)(H,10,14). The fraction of sp³-hybridized carbons (Fsp3) is 0.375. The van der Waals surface area contributed by atoms with Crippen LogP contribution in [0.2, 0.25) is 0 Å². The molecule has 76 valence electrons. The van der Waals surface area contributed by atoms with E-state index in [-0.39, 0.29) is 17.7 Å². The summed E-state index contributed by atoms with van der Waals surface area (Å²) in [5.41, 5.74) is 0. The Morgan fingerprint density at radius 3 is 2.64 bits per heavy atom. The van der Waals surface area contributed by atoms with Gasteiger partial charge in [0.25, 0.3) is 11.7 Å². The second-order valence-electron chi connectivity index (χ2n) is 3.07. The zero-order chi connectivity index (χ0) is 10.7. The van der Waals surface area contributed by atoms with Gasteiger partial charge in [0.1, 0.15) is 0 Å². The summed E-state index contributed by atoms with van der Waals surface area (Å²) in [7, 11) is 0. The maximum Gasteiger partial charge on any atom is 0.295 e. The molecule has 0 aliphatic rings. The summed E-state index contributed by atoms with van der Waals surface area (Å²) >= 11 is 0. The van der Waals surface area contributed by atoms with Gasteiger partial charge in [-0.1, -0.05) is 0 Å². The highest BCUT2D eigenvalue weighted by Crippen LogP contribution is 2.03. The Kier molecular flexibility index (Phi) is 2.85. The molecule has 0 radical (unpaired) electrons. The SMILES string of the molecule is CC(C)NC(=O)C(=O)c1ncc(O)[nH]1. The molecule has 1 rings (SSSR count). The number of nitrogens with one attached hydrogen (secondary N) is 2. The lowest BCUT2D eigenvalue weighted by Gasteiger charge is -2.05. The number of aromatic amines is 1. The summed E-state index contributed by atoms with van der Waals surface area (Å²) in [6, 6.07) is -0.116. The van der Waals surface area contributed by atoms with Gasteiger partial charge in [-0.05, 0) is 13.8 Å². The van der Waals surface area contributed by atoms with Gasteiger partial charge < -0.3 is 15.4 Å². The zero-order valence-corrected chi connectivity index (χ0v) is 7.87. The number of imidazole rings is 1. The van der Waals surface area contributed by atoms with E-state index >= 15 is 0 Å². The molecule has 1 heterocycles. The van der Waals surface area contributed by atoms with E-state index in [0.717, 1.165) is 6.20 Å². The van der Waals surface area contributed by atoms with E-state index in [0.29, 0.717) is 0 Å². The molecule has 0 saturated heterocycles. The number of Topliss-reactive ketones (excluding diaryl/α,β-unsaturated/α-hetero) is 1. The Morgan fingerprint density at radius 2 is 2.21 bits per heavy atom. The highest BCUT2D eigenvalue weighted by molar-refractivity contribution is 6.41. The average Bonchev–Trinajstić information content (AvgIpc) is 2.49. The molecule has 1 amide bonds. The van der Waals surface area contributed by atoms with Gasteiger partial charge in [0.05, 0.1) is 6.20 Å². The van der Waals surface area contributed by atoms with Gasteiger partial charge in [-0.25, -0.2) is 4.98 Å². The molecule has 0 aliphatic heterocycles. The lowest BCUT2D eigenvalue weighted by molar-refractivity contribution is -0.117. The first-order valence-corrected chi connectivity index (χ1v) is 4.10. The van der Waals surface area contributed by atoms with Crippen LogP contribution < -0.4 is 5.32 Å². The highest BCUT2D eigenvalue weighted by atomic mass is 16.3. The number of carbonyl (C=O) groups excluding carboxylic acids is 2. The van der Waals surface area contributed by atoms with Crippen molar-refractivity contribution in [2.75, 3.05) is 0 Å². The van der Waals surface area contributed by atoms with Gasteiger partial charge in [-0.15, -0.1) is 0 Å². The molecule has 6 nitrogen and oxygen atoms in total. The molecule has 0 atom stereocenters. The van der Waals surface area contributed by atoms with Crippen LogP contribution in [0.3, 0.4) is 0 Å². The number of aromatic hydroxyl groups is 1. The number of aromatic nitrogens is 2. The Labute approximate surface area is 80.4 Å². The summed E-state index contributed by atoms with van der Waals surface area (Å²) in [6.45, 7) is 3.48. The number of hydrogen-bond donors (Lipinski definition) is 3. The van der Waals surface area contributed by atoms with E-state index < -0.39 is 11.7 Å². The van der Waals surface area contributed by atoms with Gasteiger partial charge in [-0.2, -0.15) is 0 Å². The third-order valence-corrected chi connectivity index (χ3v) is 1.40. The lowest BCUT2D eigenvalue weighted by atomic mass is 10.3. The number of ketones is 1. The van der Waals surface area contributed by atoms with E-state index in [1.165, 1.54) is 0 Å². The van der Waals surface area contributed by atoms with Crippen molar-refractivity contribution in [3.8, 4) is 5.88 Å². The maximum atomic E-state index is 11.3. The molecule has 0 unspecified atom stereocenters. The van der Waals surface area contributed by atoms with Crippen molar-refractivity contribution < 1.29 is 14.7 Å². The molecule has 0 bridgehead atoms. The van der Waals surface area contributed by atoms with Crippen LogP contribution in [-0.4, -0.2) is 32.8 Å². The van der Waals surface area contributed by atoms with Crippen molar-refractivity contribution in [2.45, 2.75) is 19.9 Å². The van der Waals surface area contributed by atoms with Gasteiger partial charge >= 0.3 is 0 Å². The van der Waals surface area contributed by atoms with E-state index in [2.05, 4.69) is 15.3 Å². The van der Waals surface area contributed by atoms with Crippen LogP contribution in [-0.2, 0) is 4.79 Å². The van der Waals surface area contributed by atoms with Crippen molar-refractivity contribution >= 4 is 11.7 Å². The molecule has 3 N–H and O–H groups in total. The molecular formula is C8H11N3O3. The molecular weight excluding hydrogens is 186 g/mol. The van der Waals surface area contributed by atoms with Crippen molar-refractivity contribution in [1.29, 1.82) is 0 Å². The molecule has 1 aromatic heterocycles. The summed E-state index contributed by atoms with van der Waals surface area (Å²) in [5, 5.41) is 11.3. The first kappa shape index (κ1) is 10.2. The molecule has 6 heteroatoms. The van der Waals surface area contributed by atoms with E-state index in [1.54, 1.807) is 13.8 Å². The zero-order valence-electron chi connectivity index (χ0n) is 7.87. The number of H-pyrrole nitrogens is 1. The first-order valence-electron chi connectivity index (χ1n) is 4.10. The minimum atomic E-state index is -0.793. The van der Waals surface area contributed by atoms with E-state index in [4.69, 9.17) is 5.11 Å². The second kappa shape index (κ2) is 3.91. The smallest absolute Gasteiger partial charge is 0.295 e. The van der Waals surface area contributed by atoms with Crippen molar-refractivity contribution in [3.05, 3.63) is 12.0 Å². The Balaban J connectivity index is 2.71. The fourth-order valence-electron chi connectivity index (χ4n) is 0.862. The Hall–Kier alpha value is -1.85.